The van der Waals surface area contributed by atoms with Gasteiger partial charge in [0.2, 0.25) is 5.95 Å². The second-order valence-corrected chi connectivity index (χ2v) is 7.42. The van der Waals surface area contributed by atoms with Crippen molar-refractivity contribution in [2.75, 3.05) is 32.1 Å². The van der Waals surface area contributed by atoms with Crippen molar-refractivity contribution in [3.05, 3.63) is 60.3 Å². The molecule has 144 valence electrons. The number of benzene rings is 1. The maximum absolute atomic E-state index is 12.6. The van der Waals surface area contributed by atoms with Crippen molar-refractivity contribution in [1.82, 2.24) is 24.4 Å². The Morgan fingerprint density at radius 2 is 1.96 bits per heavy atom. The van der Waals surface area contributed by atoms with Crippen molar-refractivity contribution >= 4 is 12.0 Å². The van der Waals surface area contributed by atoms with E-state index in [4.69, 9.17) is 9.97 Å². The number of aromatic nitrogens is 4. The number of carbonyl (C=O) groups excluding carboxylic acids is 1. The first-order valence-electron chi connectivity index (χ1n) is 9.42. The quantitative estimate of drug-likeness (QED) is 0.702. The second kappa shape index (κ2) is 7.42. The summed E-state index contributed by atoms with van der Waals surface area (Å²) in [6.07, 6.45) is 5.73. The van der Waals surface area contributed by atoms with Gasteiger partial charge in [-0.15, -0.1) is 0 Å². The molecule has 0 spiro atoms. The van der Waals surface area contributed by atoms with E-state index in [0.29, 0.717) is 19.0 Å². The van der Waals surface area contributed by atoms with Crippen LogP contribution >= 0.6 is 0 Å². The molecule has 1 amide bonds. The first-order valence-corrected chi connectivity index (χ1v) is 9.42. The summed E-state index contributed by atoms with van der Waals surface area (Å²) in [4.78, 5) is 29.8. The number of nitrogens with zero attached hydrogens (tertiary/aromatic N) is 6. The van der Waals surface area contributed by atoms with Gasteiger partial charge in [0.05, 0.1) is 11.4 Å². The topological polar surface area (TPSA) is 67.2 Å². The molecule has 0 N–H and O–H groups in total. The number of rotatable bonds is 3. The summed E-state index contributed by atoms with van der Waals surface area (Å²) in [6.45, 7) is 3.43. The van der Waals surface area contributed by atoms with E-state index in [2.05, 4.69) is 42.2 Å². The predicted molar refractivity (Wildman–Crippen MR) is 108 cm³/mol. The number of aryl methyl sites for hydroxylation is 1. The summed E-state index contributed by atoms with van der Waals surface area (Å²) in [6, 6.07) is 10.4. The highest BCUT2D eigenvalue weighted by atomic mass is 16.2. The van der Waals surface area contributed by atoms with E-state index in [9.17, 15) is 4.79 Å². The molecule has 2 aromatic heterocycles. The lowest BCUT2D eigenvalue weighted by Crippen LogP contribution is -2.32. The van der Waals surface area contributed by atoms with Crippen molar-refractivity contribution < 1.29 is 4.79 Å². The van der Waals surface area contributed by atoms with Crippen molar-refractivity contribution in [1.29, 1.82) is 0 Å². The average Bonchev–Trinajstić information content (AvgIpc) is 3.40. The molecule has 1 saturated heterocycles. The standard InChI is InChI=1S/C21H24N6O/c1-15-4-6-16(7-5-15)18-12-19(24-20(23-18)25(2)3)17-8-10-26(13-17)21(28)27-11-9-22-14-27/h4-7,9,11-12,14,17H,8,10,13H2,1-3H3. The van der Waals surface area contributed by atoms with E-state index in [0.717, 1.165) is 23.4 Å². The zero-order valence-corrected chi connectivity index (χ0v) is 16.4. The van der Waals surface area contributed by atoms with Gasteiger partial charge < -0.3 is 9.80 Å². The van der Waals surface area contributed by atoms with Crippen molar-refractivity contribution in [3.8, 4) is 11.3 Å². The maximum atomic E-state index is 12.6. The molecule has 3 aromatic rings. The highest BCUT2D eigenvalue weighted by molar-refractivity contribution is 5.77. The number of hydrogen-bond donors (Lipinski definition) is 0. The van der Waals surface area contributed by atoms with Gasteiger partial charge >= 0.3 is 6.03 Å². The highest BCUT2D eigenvalue weighted by Crippen LogP contribution is 2.30. The van der Waals surface area contributed by atoms with Crippen LogP contribution in [0, 0.1) is 6.92 Å². The Morgan fingerprint density at radius 3 is 2.64 bits per heavy atom. The van der Waals surface area contributed by atoms with E-state index in [1.807, 2.05) is 23.9 Å². The monoisotopic (exact) mass is 376 g/mol. The van der Waals surface area contributed by atoms with Crippen LogP contribution in [0.25, 0.3) is 11.3 Å². The van der Waals surface area contributed by atoms with Gasteiger partial charge in [0.1, 0.15) is 6.33 Å². The second-order valence-electron chi connectivity index (χ2n) is 7.42. The van der Waals surface area contributed by atoms with Crippen LogP contribution in [0.5, 0.6) is 0 Å². The third-order valence-electron chi connectivity index (χ3n) is 5.08. The fraction of sp³-hybridized carbons (Fsp3) is 0.333. The first-order chi connectivity index (χ1) is 13.5. The van der Waals surface area contributed by atoms with Gasteiger partial charge in [-0.2, -0.15) is 0 Å². The van der Waals surface area contributed by atoms with Crippen LogP contribution in [0.1, 0.15) is 23.6 Å². The Morgan fingerprint density at radius 1 is 1.18 bits per heavy atom. The molecule has 0 bridgehead atoms. The predicted octanol–water partition coefficient (Wildman–Crippen LogP) is 3.17. The van der Waals surface area contributed by atoms with Crippen LogP contribution in [-0.4, -0.2) is 57.6 Å². The lowest BCUT2D eigenvalue weighted by Gasteiger charge is -2.18. The summed E-state index contributed by atoms with van der Waals surface area (Å²) in [5.74, 6) is 0.880. The molecule has 1 aromatic carbocycles. The fourth-order valence-corrected chi connectivity index (χ4v) is 3.45. The van der Waals surface area contributed by atoms with Crippen LogP contribution in [-0.2, 0) is 0 Å². The van der Waals surface area contributed by atoms with E-state index in [1.165, 1.54) is 10.1 Å². The minimum Gasteiger partial charge on any atom is -0.347 e. The van der Waals surface area contributed by atoms with Gasteiger partial charge in [-0.05, 0) is 19.4 Å². The lowest BCUT2D eigenvalue weighted by atomic mass is 10.0. The van der Waals surface area contributed by atoms with E-state index < -0.39 is 0 Å². The summed E-state index contributed by atoms with van der Waals surface area (Å²) < 4.78 is 1.52. The number of hydrogen-bond acceptors (Lipinski definition) is 5. The number of anilines is 1. The summed E-state index contributed by atoms with van der Waals surface area (Å²) >= 11 is 0. The fourth-order valence-electron chi connectivity index (χ4n) is 3.45. The van der Waals surface area contributed by atoms with Crippen LogP contribution in [0.15, 0.2) is 49.1 Å². The summed E-state index contributed by atoms with van der Waals surface area (Å²) in [7, 11) is 3.89. The molecular formula is C21H24N6O. The third-order valence-corrected chi connectivity index (χ3v) is 5.08. The van der Waals surface area contributed by atoms with Crippen molar-refractivity contribution in [3.63, 3.8) is 0 Å². The molecule has 7 nitrogen and oxygen atoms in total. The van der Waals surface area contributed by atoms with Gasteiger partial charge in [0, 0.05) is 51.1 Å². The molecule has 0 saturated carbocycles. The number of amides is 1. The number of likely N-dealkylation sites (tertiary alicyclic amines) is 1. The van der Waals surface area contributed by atoms with Crippen molar-refractivity contribution in [2.24, 2.45) is 0 Å². The Hall–Kier alpha value is -3.22. The molecule has 1 aliphatic heterocycles. The Bertz CT molecular complexity index is 965. The van der Waals surface area contributed by atoms with Crippen LogP contribution in [0.4, 0.5) is 10.7 Å². The van der Waals surface area contributed by atoms with Crippen molar-refractivity contribution in [2.45, 2.75) is 19.3 Å². The molecule has 1 aliphatic rings. The summed E-state index contributed by atoms with van der Waals surface area (Å²) in [5, 5.41) is 0. The summed E-state index contributed by atoms with van der Waals surface area (Å²) in [5.41, 5.74) is 4.18. The normalized spacial score (nSPS) is 16.4. The Labute approximate surface area is 164 Å². The van der Waals surface area contributed by atoms with Crippen LogP contribution < -0.4 is 4.90 Å². The number of imidazole rings is 1. The lowest BCUT2D eigenvalue weighted by molar-refractivity contribution is 0.210. The van der Waals surface area contributed by atoms with E-state index >= 15 is 0 Å². The molecule has 3 heterocycles. The van der Waals surface area contributed by atoms with Gasteiger partial charge in [-0.25, -0.2) is 19.7 Å². The van der Waals surface area contributed by atoms with Gasteiger partial charge in [0.25, 0.3) is 0 Å². The molecule has 1 unspecified atom stereocenters. The Balaban J connectivity index is 1.62. The molecule has 0 aliphatic carbocycles. The molecule has 1 fully saturated rings. The van der Waals surface area contributed by atoms with Crippen LogP contribution in [0.3, 0.4) is 0 Å². The maximum Gasteiger partial charge on any atom is 0.329 e. The minimum atomic E-state index is -0.0411. The smallest absolute Gasteiger partial charge is 0.329 e. The zero-order valence-electron chi connectivity index (χ0n) is 16.4. The van der Waals surface area contributed by atoms with Gasteiger partial charge in [0.15, 0.2) is 0 Å². The van der Waals surface area contributed by atoms with Gasteiger partial charge in [-0.1, -0.05) is 29.8 Å². The number of carbonyl (C=O) groups is 1. The third kappa shape index (κ3) is 3.60. The average molecular weight is 376 g/mol. The molecule has 0 radical (unpaired) electrons. The van der Waals surface area contributed by atoms with Crippen LogP contribution in [0.2, 0.25) is 0 Å². The largest absolute Gasteiger partial charge is 0.347 e. The first kappa shape index (κ1) is 18.2. The molecule has 28 heavy (non-hydrogen) atoms. The molecule has 7 heteroatoms. The minimum absolute atomic E-state index is 0.0411. The van der Waals surface area contributed by atoms with E-state index in [-0.39, 0.29) is 11.9 Å². The molecular weight excluding hydrogens is 352 g/mol. The van der Waals surface area contributed by atoms with E-state index in [1.54, 1.807) is 18.7 Å². The zero-order chi connectivity index (χ0) is 19.7. The molecule has 4 rings (SSSR count). The SMILES string of the molecule is Cc1ccc(-c2cc(C3CCN(C(=O)n4ccnc4)C3)nc(N(C)C)n2)cc1. The Kier molecular flexibility index (Phi) is 4.81. The molecule has 1 atom stereocenters. The van der Waals surface area contributed by atoms with Gasteiger partial charge in [-0.3, -0.25) is 4.57 Å². The highest BCUT2D eigenvalue weighted by Gasteiger charge is 2.29.